The molecule has 2 amide bonds. The van der Waals surface area contributed by atoms with Crippen LogP contribution in [0.15, 0.2) is 71.3 Å². The van der Waals surface area contributed by atoms with Crippen molar-refractivity contribution in [2.24, 2.45) is 0 Å². The number of amides is 2. The summed E-state index contributed by atoms with van der Waals surface area (Å²) in [7, 11) is 0. The van der Waals surface area contributed by atoms with Gasteiger partial charge in [0.15, 0.2) is 0 Å². The Balaban J connectivity index is 1.54. The molecular formula is C31H34N2O5. The number of fused-ring (bicyclic) bond motifs is 1. The number of nitrogens with one attached hydrogen (secondary N) is 2. The standard InChI is InChI=1S/C31H34N2O5/c1-6-23-17-26(33-20(2)34)10-11-28(23)37-19-22-15-25-12-13-36-29(25)27(16-22)24-9-7-8-21(14-24)18-32-30(35)38-31(3,4)5/h7-17H,6,18-19H2,1-5H3,(H,32,35)(H,33,34). The molecule has 7 nitrogen and oxygen atoms in total. The Bertz CT molecular complexity index is 1450. The number of anilines is 1. The normalized spacial score (nSPS) is 11.3. The average molecular weight is 515 g/mol. The molecule has 4 aromatic rings. The van der Waals surface area contributed by atoms with Crippen LogP contribution in [0.5, 0.6) is 5.75 Å². The van der Waals surface area contributed by atoms with Crippen LogP contribution in [0.1, 0.15) is 51.3 Å². The van der Waals surface area contributed by atoms with E-state index < -0.39 is 11.7 Å². The molecule has 2 N–H and O–H groups in total. The monoisotopic (exact) mass is 514 g/mol. The van der Waals surface area contributed by atoms with Crippen LogP contribution < -0.4 is 15.4 Å². The largest absolute Gasteiger partial charge is 0.489 e. The predicted molar refractivity (Wildman–Crippen MR) is 149 cm³/mol. The Morgan fingerprint density at radius 1 is 0.974 bits per heavy atom. The molecule has 0 unspecified atom stereocenters. The minimum absolute atomic E-state index is 0.105. The van der Waals surface area contributed by atoms with Gasteiger partial charge in [0, 0.05) is 30.1 Å². The third-order valence-corrected chi connectivity index (χ3v) is 5.84. The van der Waals surface area contributed by atoms with Crippen LogP contribution in [-0.2, 0) is 29.1 Å². The van der Waals surface area contributed by atoms with Gasteiger partial charge < -0.3 is 24.5 Å². The predicted octanol–water partition coefficient (Wildman–Crippen LogP) is 7.22. The molecule has 0 aliphatic carbocycles. The fraction of sp³-hybridized carbons (Fsp3) is 0.290. The lowest BCUT2D eigenvalue weighted by atomic mass is 9.99. The van der Waals surface area contributed by atoms with E-state index >= 15 is 0 Å². The van der Waals surface area contributed by atoms with Crippen molar-refractivity contribution in [3.8, 4) is 16.9 Å². The van der Waals surface area contributed by atoms with Crippen LogP contribution >= 0.6 is 0 Å². The number of hydrogen-bond acceptors (Lipinski definition) is 5. The number of alkyl carbamates (subject to hydrolysis) is 1. The molecular weight excluding hydrogens is 480 g/mol. The van der Waals surface area contributed by atoms with E-state index in [1.807, 2.05) is 69.3 Å². The summed E-state index contributed by atoms with van der Waals surface area (Å²) in [5.74, 6) is 0.678. The van der Waals surface area contributed by atoms with Gasteiger partial charge in [-0.2, -0.15) is 0 Å². The summed E-state index contributed by atoms with van der Waals surface area (Å²) in [5.41, 5.74) is 5.88. The van der Waals surface area contributed by atoms with Gasteiger partial charge in [-0.15, -0.1) is 0 Å². The second kappa shape index (κ2) is 11.4. The summed E-state index contributed by atoms with van der Waals surface area (Å²) >= 11 is 0. The molecule has 0 aliphatic rings. The van der Waals surface area contributed by atoms with E-state index in [2.05, 4.69) is 29.7 Å². The number of carbonyl (C=O) groups excluding carboxylic acids is 2. The lowest BCUT2D eigenvalue weighted by Gasteiger charge is -2.19. The van der Waals surface area contributed by atoms with Crippen molar-refractivity contribution in [1.29, 1.82) is 0 Å². The highest BCUT2D eigenvalue weighted by molar-refractivity contribution is 5.93. The van der Waals surface area contributed by atoms with Crippen LogP contribution in [0.4, 0.5) is 10.5 Å². The number of carbonyl (C=O) groups is 2. The first-order valence-corrected chi connectivity index (χ1v) is 12.7. The van der Waals surface area contributed by atoms with Gasteiger partial charge in [0.1, 0.15) is 23.5 Å². The summed E-state index contributed by atoms with van der Waals surface area (Å²) in [6.07, 6.45) is 2.01. The first kappa shape index (κ1) is 26.8. The molecule has 7 heteroatoms. The topological polar surface area (TPSA) is 89.8 Å². The Labute approximate surface area is 223 Å². The SMILES string of the molecule is CCc1cc(NC(C)=O)ccc1OCc1cc(-c2cccc(CNC(=O)OC(C)(C)C)c2)c2occc2c1. The molecule has 38 heavy (non-hydrogen) atoms. The summed E-state index contributed by atoms with van der Waals surface area (Å²) < 4.78 is 17.4. The van der Waals surface area contributed by atoms with E-state index in [-0.39, 0.29) is 5.91 Å². The van der Waals surface area contributed by atoms with Crippen LogP contribution in [0.25, 0.3) is 22.1 Å². The molecule has 0 bridgehead atoms. The van der Waals surface area contributed by atoms with Crippen molar-refractivity contribution in [1.82, 2.24) is 5.32 Å². The second-order valence-corrected chi connectivity index (χ2v) is 10.2. The second-order valence-electron chi connectivity index (χ2n) is 10.2. The molecule has 3 aromatic carbocycles. The van der Waals surface area contributed by atoms with Crippen LogP contribution in [0.3, 0.4) is 0 Å². The quantitative estimate of drug-likeness (QED) is 0.259. The molecule has 4 rings (SSSR count). The molecule has 0 spiro atoms. The summed E-state index contributed by atoms with van der Waals surface area (Å²) in [5, 5.41) is 6.61. The zero-order valence-corrected chi connectivity index (χ0v) is 22.5. The number of rotatable bonds is 8. The highest BCUT2D eigenvalue weighted by atomic mass is 16.6. The summed E-state index contributed by atoms with van der Waals surface area (Å²) in [6.45, 7) is 9.78. The van der Waals surface area contributed by atoms with Gasteiger partial charge in [-0.1, -0.05) is 25.1 Å². The van der Waals surface area contributed by atoms with Crippen LogP contribution in [-0.4, -0.2) is 17.6 Å². The molecule has 0 aliphatic heterocycles. The lowest BCUT2D eigenvalue weighted by Crippen LogP contribution is -2.32. The van der Waals surface area contributed by atoms with E-state index in [4.69, 9.17) is 13.9 Å². The maximum atomic E-state index is 12.1. The highest BCUT2D eigenvalue weighted by Gasteiger charge is 2.16. The van der Waals surface area contributed by atoms with Gasteiger partial charge in [0.05, 0.1) is 6.26 Å². The first-order chi connectivity index (χ1) is 18.1. The van der Waals surface area contributed by atoms with E-state index in [0.29, 0.717) is 13.2 Å². The van der Waals surface area contributed by atoms with Gasteiger partial charge in [-0.3, -0.25) is 4.79 Å². The van der Waals surface area contributed by atoms with E-state index in [9.17, 15) is 9.59 Å². The maximum Gasteiger partial charge on any atom is 0.407 e. The van der Waals surface area contributed by atoms with Crippen molar-refractivity contribution >= 4 is 28.7 Å². The van der Waals surface area contributed by atoms with Crippen molar-refractivity contribution < 1.29 is 23.5 Å². The van der Waals surface area contributed by atoms with Crippen molar-refractivity contribution in [2.75, 3.05) is 5.32 Å². The first-order valence-electron chi connectivity index (χ1n) is 12.7. The number of hydrogen-bond donors (Lipinski definition) is 2. The Morgan fingerprint density at radius 3 is 2.53 bits per heavy atom. The third kappa shape index (κ3) is 6.94. The number of ether oxygens (including phenoxy) is 2. The molecule has 0 fully saturated rings. The fourth-order valence-corrected chi connectivity index (χ4v) is 4.22. The molecule has 1 aromatic heterocycles. The summed E-state index contributed by atoms with van der Waals surface area (Å²) in [6, 6.07) is 19.7. The third-order valence-electron chi connectivity index (χ3n) is 5.84. The molecule has 1 heterocycles. The zero-order valence-electron chi connectivity index (χ0n) is 22.5. The Morgan fingerprint density at radius 2 is 1.79 bits per heavy atom. The van der Waals surface area contributed by atoms with Gasteiger partial charge in [0.2, 0.25) is 5.91 Å². The van der Waals surface area contributed by atoms with Gasteiger partial charge >= 0.3 is 6.09 Å². The van der Waals surface area contributed by atoms with Crippen LogP contribution in [0, 0.1) is 0 Å². The van der Waals surface area contributed by atoms with Crippen LogP contribution in [0.2, 0.25) is 0 Å². The fourth-order valence-electron chi connectivity index (χ4n) is 4.22. The molecule has 0 saturated heterocycles. The maximum absolute atomic E-state index is 12.1. The minimum Gasteiger partial charge on any atom is -0.489 e. The molecule has 0 atom stereocenters. The Hall–Kier alpha value is -4.26. The van der Waals surface area contributed by atoms with Crippen molar-refractivity contribution in [2.45, 2.75) is 59.8 Å². The van der Waals surface area contributed by atoms with Gasteiger partial charge in [-0.25, -0.2) is 4.79 Å². The van der Waals surface area contributed by atoms with Crippen molar-refractivity contribution in [3.63, 3.8) is 0 Å². The molecule has 0 saturated carbocycles. The Kier molecular flexibility index (Phi) is 8.05. The summed E-state index contributed by atoms with van der Waals surface area (Å²) in [4.78, 5) is 23.5. The van der Waals surface area contributed by atoms with Gasteiger partial charge in [0.25, 0.3) is 0 Å². The highest BCUT2D eigenvalue weighted by Crippen LogP contribution is 2.32. The smallest absolute Gasteiger partial charge is 0.407 e. The van der Waals surface area contributed by atoms with Crippen molar-refractivity contribution in [3.05, 3.63) is 83.6 Å². The molecule has 198 valence electrons. The number of furan rings is 1. The van der Waals surface area contributed by atoms with E-state index in [0.717, 1.165) is 56.6 Å². The minimum atomic E-state index is -0.551. The lowest BCUT2D eigenvalue weighted by molar-refractivity contribution is -0.114. The molecule has 0 radical (unpaired) electrons. The van der Waals surface area contributed by atoms with E-state index in [1.165, 1.54) is 6.92 Å². The number of aryl methyl sites for hydroxylation is 1. The number of benzene rings is 3. The van der Waals surface area contributed by atoms with Gasteiger partial charge in [-0.05, 0) is 91.9 Å². The van der Waals surface area contributed by atoms with E-state index in [1.54, 1.807) is 6.26 Å². The zero-order chi connectivity index (χ0) is 27.3. The average Bonchev–Trinajstić information content (AvgIpc) is 3.33.